The van der Waals surface area contributed by atoms with E-state index < -0.39 is 11.6 Å². The molecule has 122 valence electrons. The molecule has 2 rings (SSSR count). The molecule has 0 aromatic heterocycles. The van der Waals surface area contributed by atoms with Crippen molar-refractivity contribution >= 4 is 22.9 Å². The predicted octanol–water partition coefficient (Wildman–Crippen LogP) is 2.79. The van der Waals surface area contributed by atoms with Gasteiger partial charge >= 0.3 is 0 Å². The number of ketones is 2. The van der Waals surface area contributed by atoms with E-state index in [1.165, 1.54) is 24.5 Å². The molecule has 4 N–H and O–H groups in total. The van der Waals surface area contributed by atoms with Crippen LogP contribution in [0.15, 0.2) is 73.1 Å². The second-order valence-corrected chi connectivity index (χ2v) is 4.72. The zero-order chi connectivity index (χ0) is 17.4. The maximum atomic E-state index is 11.7. The number of benzene rings is 2. The van der Waals surface area contributed by atoms with E-state index >= 15 is 0 Å². The number of rotatable bonds is 7. The van der Waals surface area contributed by atoms with Crippen LogP contribution in [0.2, 0.25) is 0 Å². The molecule has 0 atom stereocenters. The zero-order valence-electron chi connectivity index (χ0n) is 12.6. The molecule has 0 heterocycles. The van der Waals surface area contributed by atoms with E-state index in [1.807, 2.05) is 0 Å². The average Bonchev–Trinajstić information content (AvgIpc) is 2.58. The molecule has 24 heavy (non-hydrogen) atoms. The smallest absolute Gasteiger partial charge is 0.227 e. The Balaban J connectivity index is 1.87. The van der Waals surface area contributed by atoms with Crippen LogP contribution in [-0.2, 0) is 9.59 Å². The van der Waals surface area contributed by atoms with Gasteiger partial charge in [-0.2, -0.15) is 0 Å². The molecule has 0 aliphatic rings. The number of nitrogens with one attached hydrogen (secondary N) is 2. The van der Waals surface area contributed by atoms with Crippen LogP contribution in [0.5, 0.6) is 11.5 Å². The highest BCUT2D eigenvalue weighted by Gasteiger charge is 2.06. The van der Waals surface area contributed by atoms with Gasteiger partial charge in [-0.15, -0.1) is 0 Å². The van der Waals surface area contributed by atoms with Crippen molar-refractivity contribution < 1.29 is 19.8 Å². The van der Waals surface area contributed by atoms with Crippen LogP contribution in [0.25, 0.3) is 0 Å². The fourth-order valence-electron chi connectivity index (χ4n) is 1.77. The van der Waals surface area contributed by atoms with Gasteiger partial charge in [0.05, 0.1) is 11.4 Å². The Labute approximate surface area is 138 Å². The summed E-state index contributed by atoms with van der Waals surface area (Å²) in [5.41, 5.74) is 0.844. The summed E-state index contributed by atoms with van der Waals surface area (Å²) in [5, 5.41) is 24.5. The molecular formula is C18H16N2O4. The first kappa shape index (κ1) is 16.8. The Morgan fingerprint density at radius 1 is 0.708 bits per heavy atom. The van der Waals surface area contributed by atoms with Crippen molar-refractivity contribution in [2.45, 2.75) is 0 Å². The molecule has 0 bridgehead atoms. The highest BCUT2D eigenvalue weighted by Crippen LogP contribution is 2.21. The van der Waals surface area contributed by atoms with Crippen molar-refractivity contribution in [3.05, 3.63) is 73.1 Å². The third-order valence-corrected chi connectivity index (χ3v) is 3.00. The highest BCUT2D eigenvalue weighted by molar-refractivity contribution is 6.45. The third kappa shape index (κ3) is 4.74. The molecule has 0 unspecified atom stereocenters. The van der Waals surface area contributed by atoms with Crippen molar-refractivity contribution in [3.63, 3.8) is 0 Å². The van der Waals surface area contributed by atoms with Gasteiger partial charge in [0.1, 0.15) is 11.5 Å². The summed E-state index contributed by atoms with van der Waals surface area (Å²) in [6, 6.07) is 13.0. The van der Waals surface area contributed by atoms with E-state index in [4.69, 9.17) is 0 Å². The van der Waals surface area contributed by atoms with E-state index in [0.29, 0.717) is 11.4 Å². The summed E-state index contributed by atoms with van der Waals surface area (Å²) >= 11 is 0. The predicted molar refractivity (Wildman–Crippen MR) is 91.8 cm³/mol. The molecule has 0 saturated heterocycles. The van der Waals surface area contributed by atoms with Crippen molar-refractivity contribution in [1.82, 2.24) is 0 Å². The lowest BCUT2D eigenvalue weighted by atomic mass is 10.2. The van der Waals surface area contributed by atoms with Crippen molar-refractivity contribution in [3.8, 4) is 11.5 Å². The maximum absolute atomic E-state index is 11.7. The number of phenols is 2. The summed E-state index contributed by atoms with van der Waals surface area (Å²) in [5.74, 6) is -1.39. The lowest BCUT2D eigenvalue weighted by Gasteiger charge is -2.02. The van der Waals surface area contributed by atoms with Gasteiger partial charge in [0.15, 0.2) is 0 Å². The second kappa shape index (κ2) is 8.19. The van der Waals surface area contributed by atoms with E-state index in [0.717, 1.165) is 12.2 Å². The maximum Gasteiger partial charge on any atom is 0.227 e. The van der Waals surface area contributed by atoms with Crippen LogP contribution in [-0.4, -0.2) is 21.8 Å². The number of anilines is 2. The van der Waals surface area contributed by atoms with Crippen LogP contribution >= 0.6 is 0 Å². The van der Waals surface area contributed by atoms with Gasteiger partial charge in [0, 0.05) is 24.6 Å². The number of aromatic hydroxyl groups is 2. The molecule has 0 aliphatic carbocycles. The Kier molecular flexibility index (Phi) is 5.74. The first-order valence-corrected chi connectivity index (χ1v) is 7.08. The molecule has 0 amide bonds. The fraction of sp³-hybridized carbons (Fsp3) is 0. The Morgan fingerprint density at radius 3 is 1.46 bits per heavy atom. The number of hydrogen-bond acceptors (Lipinski definition) is 6. The molecule has 6 nitrogen and oxygen atoms in total. The summed E-state index contributed by atoms with van der Waals surface area (Å²) in [7, 11) is 0. The van der Waals surface area contributed by atoms with Crippen molar-refractivity contribution in [2.24, 2.45) is 0 Å². The molecule has 0 radical (unpaired) electrons. The summed E-state index contributed by atoms with van der Waals surface area (Å²) in [4.78, 5) is 23.3. The Bertz CT molecular complexity index is 730. The normalized spacial score (nSPS) is 10.8. The standard InChI is InChI=1S/C18H16N2O4/c21-15-7-3-1-5-13(15)19-11-9-17(23)18(24)10-12-20-14-6-2-4-8-16(14)22/h1-12,19-22H. The number of carbonyl (C=O) groups excluding carboxylic acids is 2. The molecule has 6 heteroatoms. The van der Waals surface area contributed by atoms with Gasteiger partial charge in [0.2, 0.25) is 11.6 Å². The number of para-hydroxylation sites is 4. The first-order valence-electron chi connectivity index (χ1n) is 7.08. The summed E-state index contributed by atoms with van der Waals surface area (Å²) in [6.07, 6.45) is 4.69. The minimum absolute atomic E-state index is 0.0349. The number of allylic oxidation sites excluding steroid dienone is 2. The first-order chi connectivity index (χ1) is 11.6. The molecule has 0 spiro atoms. The number of hydrogen-bond donors (Lipinski definition) is 4. The SMILES string of the molecule is O=C(C=CNc1ccccc1O)C(=O)C=CNc1ccccc1O. The van der Waals surface area contributed by atoms with E-state index in [1.54, 1.807) is 36.4 Å². The molecule has 0 aliphatic heterocycles. The highest BCUT2D eigenvalue weighted by atomic mass is 16.3. The van der Waals surface area contributed by atoms with Gasteiger partial charge in [-0.25, -0.2) is 0 Å². The molecule has 2 aromatic carbocycles. The van der Waals surface area contributed by atoms with Crippen LogP contribution < -0.4 is 10.6 Å². The van der Waals surface area contributed by atoms with E-state index in [2.05, 4.69) is 10.6 Å². The molecule has 0 fully saturated rings. The van der Waals surface area contributed by atoms with Gasteiger partial charge in [-0.3, -0.25) is 9.59 Å². The third-order valence-electron chi connectivity index (χ3n) is 3.00. The van der Waals surface area contributed by atoms with E-state index in [-0.39, 0.29) is 11.5 Å². The number of carbonyl (C=O) groups is 2. The van der Waals surface area contributed by atoms with Gasteiger partial charge in [-0.05, 0) is 24.3 Å². The second-order valence-electron chi connectivity index (χ2n) is 4.72. The monoisotopic (exact) mass is 324 g/mol. The van der Waals surface area contributed by atoms with Gasteiger partial charge in [-0.1, -0.05) is 24.3 Å². The quantitative estimate of drug-likeness (QED) is 0.355. The summed E-state index contributed by atoms with van der Waals surface area (Å²) < 4.78 is 0. The van der Waals surface area contributed by atoms with Crippen molar-refractivity contribution in [2.75, 3.05) is 10.6 Å². The van der Waals surface area contributed by atoms with Gasteiger partial charge < -0.3 is 20.8 Å². The van der Waals surface area contributed by atoms with Crippen LogP contribution in [0.3, 0.4) is 0 Å². The lowest BCUT2D eigenvalue weighted by molar-refractivity contribution is -0.130. The molecule has 2 aromatic rings. The Morgan fingerprint density at radius 2 is 1.08 bits per heavy atom. The largest absolute Gasteiger partial charge is 0.506 e. The fourth-order valence-corrected chi connectivity index (χ4v) is 1.77. The Hall–Kier alpha value is -3.54. The zero-order valence-corrected chi connectivity index (χ0v) is 12.6. The van der Waals surface area contributed by atoms with E-state index in [9.17, 15) is 19.8 Å². The van der Waals surface area contributed by atoms with Gasteiger partial charge in [0.25, 0.3) is 0 Å². The average molecular weight is 324 g/mol. The van der Waals surface area contributed by atoms with Crippen LogP contribution in [0.1, 0.15) is 0 Å². The minimum atomic E-state index is -0.728. The summed E-state index contributed by atoms with van der Waals surface area (Å²) in [6.45, 7) is 0. The number of phenolic OH excluding ortho intramolecular Hbond substituents is 2. The van der Waals surface area contributed by atoms with Crippen LogP contribution in [0, 0.1) is 0 Å². The topological polar surface area (TPSA) is 98.7 Å². The lowest BCUT2D eigenvalue weighted by Crippen LogP contribution is -2.08. The minimum Gasteiger partial charge on any atom is -0.506 e. The molecule has 0 saturated carbocycles. The van der Waals surface area contributed by atoms with Crippen molar-refractivity contribution in [1.29, 1.82) is 0 Å². The molecular weight excluding hydrogens is 308 g/mol. The van der Waals surface area contributed by atoms with Crippen LogP contribution in [0.4, 0.5) is 11.4 Å².